The first kappa shape index (κ1) is 26.1. The molecule has 0 aliphatic carbocycles. The third-order valence-corrected chi connectivity index (χ3v) is 7.83. The zero-order valence-electron chi connectivity index (χ0n) is 20.1. The number of methoxy groups -OCH3 is 1. The smallest absolute Gasteiger partial charge is 0.247 e. The van der Waals surface area contributed by atoms with Crippen LogP contribution in [0.3, 0.4) is 0 Å². The quantitative estimate of drug-likeness (QED) is 0.597. The van der Waals surface area contributed by atoms with E-state index in [1.165, 1.54) is 10.4 Å². The molecule has 2 heterocycles. The van der Waals surface area contributed by atoms with E-state index in [-0.39, 0.29) is 42.4 Å². The third-order valence-electron chi connectivity index (χ3n) is 5.81. The summed E-state index contributed by atoms with van der Waals surface area (Å²) in [7, 11) is -0.301. The first-order valence-corrected chi connectivity index (χ1v) is 12.7. The lowest BCUT2D eigenvalue weighted by atomic mass is 10.0. The van der Waals surface area contributed by atoms with Gasteiger partial charge < -0.3 is 14.6 Å². The maximum atomic E-state index is 13.5. The van der Waals surface area contributed by atoms with E-state index in [0.717, 1.165) is 5.56 Å². The first-order valence-electron chi connectivity index (χ1n) is 11.2. The number of aliphatic hydroxyl groups is 1. The van der Waals surface area contributed by atoms with Crippen LogP contribution in [-0.2, 0) is 21.3 Å². The van der Waals surface area contributed by atoms with Crippen molar-refractivity contribution in [3.63, 3.8) is 0 Å². The van der Waals surface area contributed by atoms with E-state index in [9.17, 15) is 13.5 Å². The van der Waals surface area contributed by atoms with Crippen LogP contribution >= 0.6 is 0 Å². The number of nitrogens with zero attached hydrogens (tertiary/aromatic N) is 3. The van der Waals surface area contributed by atoms with Crippen LogP contribution in [0.5, 0.6) is 5.75 Å². The molecule has 3 rings (SSSR count). The second-order valence-electron chi connectivity index (χ2n) is 8.69. The van der Waals surface area contributed by atoms with E-state index in [4.69, 9.17) is 9.47 Å². The van der Waals surface area contributed by atoms with Crippen LogP contribution in [-0.4, -0.2) is 80.3 Å². The molecule has 34 heavy (non-hydrogen) atoms. The SMILES string of the molecule is COCC#Cc1ccc2c(c1)O[C@H](CN(C)Cc1ccncc1)[C@H](C)CN([C@@H](C)CO)S2(=O)=O. The molecule has 0 spiro atoms. The van der Waals surface area contributed by atoms with Crippen LogP contribution in [0.15, 0.2) is 47.6 Å². The number of aliphatic hydroxyl groups excluding tert-OH is 1. The summed E-state index contributed by atoms with van der Waals surface area (Å²) in [6.45, 7) is 5.23. The van der Waals surface area contributed by atoms with Gasteiger partial charge in [0.1, 0.15) is 23.4 Å². The number of pyridine rings is 1. The minimum atomic E-state index is -3.87. The van der Waals surface area contributed by atoms with Crippen LogP contribution in [0.1, 0.15) is 25.0 Å². The summed E-state index contributed by atoms with van der Waals surface area (Å²) in [6.07, 6.45) is 3.25. The lowest BCUT2D eigenvalue weighted by Crippen LogP contribution is -2.49. The zero-order valence-corrected chi connectivity index (χ0v) is 21.0. The lowest BCUT2D eigenvalue weighted by molar-refractivity contribution is 0.0733. The van der Waals surface area contributed by atoms with Crippen molar-refractivity contribution in [2.75, 3.05) is 40.5 Å². The van der Waals surface area contributed by atoms with E-state index < -0.39 is 16.1 Å². The maximum Gasteiger partial charge on any atom is 0.247 e. The molecule has 0 unspecified atom stereocenters. The molecule has 0 saturated carbocycles. The van der Waals surface area contributed by atoms with E-state index in [2.05, 4.69) is 21.7 Å². The molecule has 0 amide bonds. The largest absolute Gasteiger partial charge is 0.487 e. The molecule has 184 valence electrons. The normalized spacial score (nSPS) is 20.9. The number of fused-ring (bicyclic) bond motifs is 1. The topological polar surface area (TPSA) is 92.2 Å². The molecule has 0 fully saturated rings. The standard InChI is InChI=1S/C25H33N3O5S/c1-19-15-28(20(2)18-29)34(30,31)25-8-7-21(6-5-13-32-4)14-23(25)33-24(19)17-27(3)16-22-9-11-26-12-10-22/h7-12,14,19-20,24,29H,13,15-18H2,1-4H3/t19-,20+,24-/m1/s1. The highest BCUT2D eigenvalue weighted by atomic mass is 32.2. The van der Waals surface area contributed by atoms with Crippen molar-refractivity contribution in [1.82, 2.24) is 14.2 Å². The summed E-state index contributed by atoms with van der Waals surface area (Å²) in [5.41, 5.74) is 1.77. The molecular weight excluding hydrogens is 454 g/mol. The molecular formula is C25H33N3O5S. The first-order chi connectivity index (χ1) is 16.3. The van der Waals surface area contributed by atoms with Crippen LogP contribution in [0.4, 0.5) is 0 Å². The lowest BCUT2D eigenvalue weighted by Gasteiger charge is -2.37. The van der Waals surface area contributed by atoms with Gasteiger partial charge in [-0.3, -0.25) is 9.88 Å². The average molecular weight is 488 g/mol. The molecule has 2 aromatic rings. The van der Waals surface area contributed by atoms with Crippen LogP contribution in [0.2, 0.25) is 0 Å². The number of rotatable bonds is 7. The van der Waals surface area contributed by atoms with Gasteiger partial charge in [-0.15, -0.1) is 0 Å². The number of hydrogen-bond donors (Lipinski definition) is 1. The Labute approximate surface area is 202 Å². The number of hydrogen-bond acceptors (Lipinski definition) is 7. The molecule has 0 bridgehead atoms. The Bertz CT molecular complexity index is 1110. The molecule has 1 aliphatic rings. The van der Waals surface area contributed by atoms with Crippen molar-refractivity contribution in [1.29, 1.82) is 0 Å². The summed E-state index contributed by atoms with van der Waals surface area (Å²) >= 11 is 0. The van der Waals surface area contributed by atoms with Gasteiger partial charge in [-0.1, -0.05) is 18.8 Å². The monoisotopic (exact) mass is 487 g/mol. The number of likely N-dealkylation sites (N-methyl/N-ethyl adjacent to an activating group) is 1. The maximum absolute atomic E-state index is 13.5. The fourth-order valence-corrected chi connectivity index (χ4v) is 5.73. The Balaban J connectivity index is 1.97. The zero-order chi connectivity index (χ0) is 24.7. The minimum Gasteiger partial charge on any atom is -0.487 e. The van der Waals surface area contributed by atoms with Crippen molar-refractivity contribution in [3.05, 3.63) is 53.9 Å². The minimum absolute atomic E-state index is 0.0822. The molecule has 9 heteroatoms. The van der Waals surface area contributed by atoms with Crippen molar-refractivity contribution < 1.29 is 23.0 Å². The van der Waals surface area contributed by atoms with Crippen LogP contribution in [0, 0.1) is 17.8 Å². The summed E-state index contributed by atoms with van der Waals surface area (Å²) in [6, 6.07) is 8.25. The highest BCUT2D eigenvalue weighted by molar-refractivity contribution is 7.89. The van der Waals surface area contributed by atoms with E-state index in [1.54, 1.807) is 38.6 Å². The third kappa shape index (κ3) is 6.34. The van der Waals surface area contributed by atoms with Crippen molar-refractivity contribution in [2.45, 2.75) is 37.4 Å². The summed E-state index contributed by atoms with van der Waals surface area (Å²) in [4.78, 5) is 6.29. The van der Waals surface area contributed by atoms with E-state index in [1.807, 2.05) is 26.1 Å². The van der Waals surface area contributed by atoms with Gasteiger partial charge in [0.2, 0.25) is 10.0 Å². The number of benzene rings is 1. The highest BCUT2D eigenvalue weighted by Gasteiger charge is 2.38. The fourth-order valence-electron chi connectivity index (χ4n) is 3.90. The summed E-state index contributed by atoms with van der Waals surface area (Å²) in [5, 5.41) is 9.77. The summed E-state index contributed by atoms with van der Waals surface area (Å²) in [5.74, 6) is 6.02. The van der Waals surface area contributed by atoms with Gasteiger partial charge in [0.25, 0.3) is 0 Å². The summed E-state index contributed by atoms with van der Waals surface area (Å²) < 4.78 is 39.8. The van der Waals surface area contributed by atoms with E-state index in [0.29, 0.717) is 18.7 Å². The van der Waals surface area contributed by atoms with Crippen LogP contribution in [0.25, 0.3) is 0 Å². The number of ether oxygens (including phenoxy) is 2. The average Bonchev–Trinajstić information content (AvgIpc) is 2.81. The van der Waals surface area contributed by atoms with E-state index >= 15 is 0 Å². The van der Waals surface area contributed by atoms with Crippen molar-refractivity contribution in [2.24, 2.45) is 5.92 Å². The second-order valence-corrected chi connectivity index (χ2v) is 10.5. The Morgan fingerprint density at radius 1 is 1.32 bits per heavy atom. The van der Waals surface area contributed by atoms with Gasteiger partial charge in [0.05, 0.1) is 6.61 Å². The van der Waals surface area contributed by atoms with Gasteiger partial charge in [-0.2, -0.15) is 4.31 Å². The number of aromatic nitrogens is 1. The molecule has 1 N–H and O–H groups in total. The van der Waals surface area contributed by atoms with Gasteiger partial charge in [-0.25, -0.2) is 8.42 Å². The highest BCUT2D eigenvalue weighted by Crippen LogP contribution is 2.34. The van der Waals surface area contributed by atoms with Gasteiger partial charge in [-0.05, 0) is 49.9 Å². The van der Waals surface area contributed by atoms with Gasteiger partial charge in [0.15, 0.2) is 0 Å². The predicted octanol–water partition coefficient (Wildman–Crippen LogP) is 1.98. The molecule has 1 aliphatic heterocycles. The number of sulfonamides is 1. The van der Waals surface area contributed by atoms with Crippen LogP contribution < -0.4 is 4.74 Å². The molecule has 1 aromatic heterocycles. The Morgan fingerprint density at radius 2 is 2.06 bits per heavy atom. The van der Waals surface area contributed by atoms with Crippen molar-refractivity contribution in [3.8, 4) is 17.6 Å². The van der Waals surface area contributed by atoms with Gasteiger partial charge in [0, 0.05) is 56.7 Å². The molecule has 1 aromatic carbocycles. The molecule has 0 radical (unpaired) electrons. The molecule has 0 saturated heterocycles. The fraction of sp³-hybridized carbons (Fsp3) is 0.480. The Morgan fingerprint density at radius 3 is 2.74 bits per heavy atom. The van der Waals surface area contributed by atoms with Crippen molar-refractivity contribution >= 4 is 10.0 Å². The molecule has 8 nitrogen and oxygen atoms in total. The Hall–Kier alpha value is -2.48. The molecule has 3 atom stereocenters. The Kier molecular flexibility index (Phi) is 9.05. The van der Waals surface area contributed by atoms with Gasteiger partial charge >= 0.3 is 0 Å². The predicted molar refractivity (Wildman–Crippen MR) is 130 cm³/mol. The second kappa shape index (κ2) is 11.8.